The van der Waals surface area contributed by atoms with Gasteiger partial charge in [-0.05, 0) is 57.4 Å². The summed E-state index contributed by atoms with van der Waals surface area (Å²) in [4.78, 5) is 27.5. The standard InChI is InChI=1S/C29H39FN2O2/c1-2-3-4-5-6-7-8-9-10-11-12-13-14-15-16-17-18-20-28(33)21-19-22-32-29(34)26-23-27(30)25-31-24-26/h3-4,6-7,9-10,12-13,15-16,23-25H,2,5,8,11,14,17-22H2,1H3,(H,32,34)/b4-3-,7-6-,10-9-,13-12-,16-15-. The fourth-order valence-electron chi connectivity index (χ4n) is 3.04. The summed E-state index contributed by atoms with van der Waals surface area (Å²) >= 11 is 0. The molecule has 1 aromatic rings. The van der Waals surface area contributed by atoms with Gasteiger partial charge in [0.1, 0.15) is 11.6 Å². The highest BCUT2D eigenvalue weighted by Crippen LogP contribution is 2.04. The van der Waals surface area contributed by atoms with Gasteiger partial charge in [0.2, 0.25) is 0 Å². The molecule has 4 nitrogen and oxygen atoms in total. The smallest absolute Gasteiger partial charge is 0.252 e. The summed E-state index contributed by atoms with van der Waals surface area (Å²) in [5.74, 6) is -0.720. The molecule has 0 saturated heterocycles. The molecule has 0 bridgehead atoms. The number of nitrogens with one attached hydrogen (secondary N) is 1. The molecular weight excluding hydrogens is 427 g/mol. The average Bonchev–Trinajstić information content (AvgIpc) is 2.83. The van der Waals surface area contributed by atoms with E-state index < -0.39 is 5.82 Å². The molecule has 1 rings (SSSR count). The third-order valence-electron chi connectivity index (χ3n) is 4.87. The Morgan fingerprint density at radius 1 is 0.824 bits per heavy atom. The number of carbonyl (C=O) groups is 2. The summed E-state index contributed by atoms with van der Waals surface area (Å²) in [5, 5.41) is 2.68. The number of aromatic nitrogens is 1. The molecule has 1 amide bonds. The number of pyridine rings is 1. The number of carbonyl (C=O) groups excluding carboxylic acids is 2. The first-order valence-corrected chi connectivity index (χ1v) is 12.3. The number of unbranched alkanes of at least 4 members (excludes halogenated alkanes) is 1. The van der Waals surface area contributed by atoms with Gasteiger partial charge in [-0.1, -0.05) is 67.7 Å². The number of ketones is 1. The van der Waals surface area contributed by atoms with Crippen LogP contribution < -0.4 is 5.32 Å². The number of rotatable bonds is 18. The Labute approximate surface area is 204 Å². The zero-order chi connectivity index (χ0) is 24.7. The highest BCUT2D eigenvalue weighted by Gasteiger charge is 2.07. The Kier molecular flexibility index (Phi) is 17.5. The van der Waals surface area contributed by atoms with E-state index in [1.807, 2.05) is 0 Å². The Morgan fingerprint density at radius 2 is 1.38 bits per heavy atom. The molecule has 1 N–H and O–H groups in total. The van der Waals surface area contributed by atoms with Gasteiger partial charge in [0.05, 0.1) is 11.8 Å². The van der Waals surface area contributed by atoms with E-state index in [0.29, 0.717) is 25.8 Å². The number of allylic oxidation sites excluding steroid dienone is 10. The van der Waals surface area contributed by atoms with Crippen LogP contribution in [0.1, 0.15) is 81.5 Å². The van der Waals surface area contributed by atoms with Crippen LogP contribution in [0.25, 0.3) is 0 Å². The van der Waals surface area contributed by atoms with Crippen LogP contribution in [-0.2, 0) is 4.79 Å². The number of nitrogens with zero attached hydrogens (tertiary/aromatic N) is 1. The highest BCUT2D eigenvalue weighted by atomic mass is 19.1. The molecule has 1 aromatic heterocycles. The molecule has 184 valence electrons. The van der Waals surface area contributed by atoms with E-state index in [1.54, 1.807) is 0 Å². The lowest BCUT2D eigenvalue weighted by Crippen LogP contribution is -2.25. The van der Waals surface area contributed by atoms with E-state index in [1.165, 1.54) is 6.20 Å². The molecule has 0 aliphatic heterocycles. The third kappa shape index (κ3) is 16.5. The molecule has 0 aliphatic carbocycles. The van der Waals surface area contributed by atoms with Gasteiger partial charge >= 0.3 is 0 Å². The average molecular weight is 467 g/mol. The van der Waals surface area contributed by atoms with Gasteiger partial charge in [-0.15, -0.1) is 0 Å². The lowest BCUT2D eigenvalue weighted by Gasteiger charge is -2.04. The van der Waals surface area contributed by atoms with Crippen LogP contribution >= 0.6 is 0 Å². The fraction of sp³-hybridized carbons (Fsp3) is 0.414. The van der Waals surface area contributed by atoms with Gasteiger partial charge in [0, 0.05) is 25.6 Å². The SMILES string of the molecule is CC/C=C\C/C=C\C/C=C\C/C=C\C/C=C\CCCC(=O)CCCNC(=O)c1cncc(F)c1. The molecule has 0 spiro atoms. The van der Waals surface area contributed by atoms with E-state index in [-0.39, 0.29) is 17.3 Å². The van der Waals surface area contributed by atoms with Gasteiger partial charge in [-0.25, -0.2) is 4.39 Å². The predicted octanol–water partition coefficient (Wildman–Crippen LogP) is 7.22. The van der Waals surface area contributed by atoms with Gasteiger partial charge in [-0.2, -0.15) is 0 Å². The van der Waals surface area contributed by atoms with Crippen LogP contribution in [-0.4, -0.2) is 23.2 Å². The number of Topliss-reactive ketones (excluding diaryl/α,β-unsaturated/α-hetero) is 1. The molecule has 0 atom stereocenters. The van der Waals surface area contributed by atoms with E-state index in [2.05, 4.69) is 78.0 Å². The Bertz CT molecular complexity index is 853. The molecule has 0 saturated carbocycles. The Balaban J connectivity index is 1.98. The van der Waals surface area contributed by atoms with Crippen molar-refractivity contribution in [2.75, 3.05) is 6.54 Å². The number of hydrogen-bond acceptors (Lipinski definition) is 3. The zero-order valence-corrected chi connectivity index (χ0v) is 20.4. The minimum atomic E-state index is -0.546. The van der Waals surface area contributed by atoms with Crippen molar-refractivity contribution in [2.24, 2.45) is 0 Å². The minimum absolute atomic E-state index is 0.184. The van der Waals surface area contributed by atoms with Gasteiger partial charge in [0.25, 0.3) is 5.91 Å². The minimum Gasteiger partial charge on any atom is -0.352 e. The maximum Gasteiger partial charge on any atom is 0.252 e. The van der Waals surface area contributed by atoms with Crippen molar-refractivity contribution in [3.63, 3.8) is 0 Å². The van der Waals surface area contributed by atoms with Crippen LogP contribution in [0.2, 0.25) is 0 Å². The number of hydrogen-bond donors (Lipinski definition) is 1. The molecule has 5 heteroatoms. The molecule has 0 radical (unpaired) electrons. The van der Waals surface area contributed by atoms with E-state index in [4.69, 9.17) is 0 Å². The van der Waals surface area contributed by atoms with Crippen molar-refractivity contribution in [1.82, 2.24) is 10.3 Å². The fourth-order valence-corrected chi connectivity index (χ4v) is 3.04. The van der Waals surface area contributed by atoms with Crippen molar-refractivity contribution >= 4 is 11.7 Å². The zero-order valence-electron chi connectivity index (χ0n) is 20.4. The van der Waals surface area contributed by atoms with Gasteiger partial charge in [-0.3, -0.25) is 14.6 Å². The summed E-state index contributed by atoms with van der Waals surface area (Å²) in [6.45, 7) is 2.53. The van der Waals surface area contributed by atoms with Crippen molar-refractivity contribution in [2.45, 2.75) is 71.1 Å². The molecular formula is C29H39FN2O2. The van der Waals surface area contributed by atoms with Crippen molar-refractivity contribution < 1.29 is 14.0 Å². The summed E-state index contributed by atoms with van der Waals surface area (Å²) in [5.41, 5.74) is 0.184. The number of halogens is 1. The maximum atomic E-state index is 13.1. The highest BCUT2D eigenvalue weighted by molar-refractivity contribution is 5.93. The molecule has 0 aliphatic rings. The Morgan fingerprint density at radius 3 is 1.97 bits per heavy atom. The van der Waals surface area contributed by atoms with Crippen LogP contribution in [0.4, 0.5) is 4.39 Å². The van der Waals surface area contributed by atoms with Crippen LogP contribution in [0.5, 0.6) is 0 Å². The van der Waals surface area contributed by atoms with Crippen LogP contribution in [0.15, 0.2) is 79.2 Å². The van der Waals surface area contributed by atoms with Crippen molar-refractivity contribution in [3.8, 4) is 0 Å². The molecule has 34 heavy (non-hydrogen) atoms. The maximum absolute atomic E-state index is 13.1. The first kappa shape index (κ1) is 29.0. The van der Waals surface area contributed by atoms with Gasteiger partial charge < -0.3 is 5.32 Å². The van der Waals surface area contributed by atoms with E-state index in [0.717, 1.165) is 57.2 Å². The lowest BCUT2D eigenvalue weighted by atomic mass is 10.1. The van der Waals surface area contributed by atoms with Crippen LogP contribution in [0.3, 0.4) is 0 Å². The molecule has 1 heterocycles. The molecule has 0 aromatic carbocycles. The monoisotopic (exact) mass is 466 g/mol. The third-order valence-corrected chi connectivity index (χ3v) is 4.87. The van der Waals surface area contributed by atoms with Crippen LogP contribution in [0, 0.1) is 5.82 Å². The van der Waals surface area contributed by atoms with Gasteiger partial charge in [0.15, 0.2) is 0 Å². The Hall–Kier alpha value is -3.08. The predicted molar refractivity (Wildman–Crippen MR) is 139 cm³/mol. The quantitative estimate of drug-likeness (QED) is 0.183. The lowest BCUT2D eigenvalue weighted by molar-refractivity contribution is -0.119. The summed E-state index contributed by atoms with van der Waals surface area (Å²) in [6, 6.07) is 1.14. The summed E-state index contributed by atoms with van der Waals surface area (Å²) < 4.78 is 13.1. The second-order valence-electron chi connectivity index (χ2n) is 7.89. The first-order chi connectivity index (χ1) is 16.6. The van der Waals surface area contributed by atoms with E-state index >= 15 is 0 Å². The van der Waals surface area contributed by atoms with Crippen molar-refractivity contribution in [1.29, 1.82) is 0 Å². The van der Waals surface area contributed by atoms with E-state index in [9.17, 15) is 14.0 Å². The number of amides is 1. The summed E-state index contributed by atoms with van der Waals surface area (Å²) in [6.07, 6.45) is 32.3. The topological polar surface area (TPSA) is 59.1 Å². The normalized spacial score (nSPS) is 12.2. The van der Waals surface area contributed by atoms with Crippen molar-refractivity contribution in [3.05, 3.63) is 90.6 Å². The summed E-state index contributed by atoms with van der Waals surface area (Å²) in [7, 11) is 0. The second kappa shape index (κ2) is 20.5. The molecule has 0 fully saturated rings. The molecule has 0 unspecified atom stereocenters. The first-order valence-electron chi connectivity index (χ1n) is 12.3. The largest absolute Gasteiger partial charge is 0.352 e. The second-order valence-corrected chi connectivity index (χ2v) is 7.89.